The summed E-state index contributed by atoms with van der Waals surface area (Å²) in [5.41, 5.74) is 1.82. The summed E-state index contributed by atoms with van der Waals surface area (Å²) in [5, 5.41) is 10.7. The third-order valence-corrected chi connectivity index (χ3v) is 6.35. The summed E-state index contributed by atoms with van der Waals surface area (Å²) in [7, 11) is 3.22. The summed E-state index contributed by atoms with van der Waals surface area (Å²) >= 11 is 0. The predicted molar refractivity (Wildman–Crippen MR) is 132 cm³/mol. The Hall–Kier alpha value is -3.03. The van der Waals surface area contributed by atoms with Gasteiger partial charge in [-0.25, -0.2) is 0 Å². The normalized spacial score (nSPS) is 15.0. The van der Waals surface area contributed by atoms with E-state index >= 15 is 0 Å². The van der Waals surface area contributed by atoms with Crippen molar-refractivity contribution in [3.8, 4) is 22.8 Å². The van der Waals surface area contributed by atoms with Gasteiger partial charge in [-0.1, -0.05) is 40.2 Å². The quantitative estimate of drug-likeness (QED) is 0.488. The van der Waals surface area contributed by atoms with E-state index in [-0.39, 0.29) is 30.2 Å². The Morgan fingerprint density at radius 3 is 2.32 bits per heavy atom. The highest BCUT2D eigenvalue weighted by Gasteiger charge is 2.28. The fourth-order valence-electron chi connectivity index (χ4n) is 3.81. The fourth-order valence-corrected chi connectivity index (χ4v) is 3.81. The van der Waals surface area contributed by atoms with Crippen LogP contribution in [0.15, 0.2) is 24.3 Å². The summed E-state index contributed by atoms with van der Waals surface area (Å²) in [5.74, 6) is 1.44. The predicted octanol–water partition coefficient (Wildman–Crippen LogP) is 4.04. The van der Waals surface area contributed by atoms with Crippen LogP contribution >= 0.6 is 0 Å². The van der Waals surface area contributed by atoms with E-state index in [0.717, 1.165) is 30.5 Å². The molecule has 0 bridgehead atoms. The van der Waals surface area contributed by atoms with Crippen molar-refractivity contribution < 1.29 is 19.1 Å². The minimum Gasteiger partial charge on any atom is -0.496 e. The monoisotopic (exact) mass is 470 g/mol. The first kappa shape index (κ1) is 25.6. The molecule has 2 unspecified atom stereocenters. The van der Waals surface area contributed by atoms with Crippen LogP contribution in [0, 0.1) is 11.8 Å². The number of amides is 2. The zero-order valence-electron chi connectivity index (χ0n) is 21.2. The molecule has 0 aliphatic heterocycles. The maximum absolute atomic E-state index is 13.3. The zero-order valence-corrected chi connectivity index (χ0v) is 21.2. The number of hydrogen-bond donors (Lipinski definition) is 2. The van der Waals surface area contributed by atoms with E-state index in [1.807, 2.05) is 36.7 Å². The third kappa shape index (κ3) is 6.30. The van der Waals surface area contributed by atoms with Crippen LogP contribution in [-0.2, 0) is 11.3 Å². The lowest BCUT2D eigenvalue weighted by atomic mass is 10.00. The lowest BCUT2D eigenvalue weighted by Crippen LogP contribution is -2.42. The smallest absolute Gasteiger partial charge is 0.272 e. The molecule has 2 aromatic rings. The van der Waals surface area contributed by atoms with Crippen LogP contribution in [0.1, 0.15) is 63.9 Å². The minimum atomic E-state index is -0.295. The van der Waals surface area contributed by atoms with Crippen molar-refractivity contribution in [1.29, 1.82) is 0 Å². The molecule has 1 aromatic heterocycles. The molecule has 2 amide bonds. The fraction of sp³-hybridized carbons (Fsp3) is 0.577. The molecule has 1 fully saturated rings. The van der Waals surface area contributed by atoms with E-state index in [0.29, 0.717) is 35.7 Å². The van der Waals surface area contributed by atoms with E-state index in [9.17, 15) is 9.59 Å². The molecule has 1 heterocycles. The Kier molecular flexibility index (Phi) is 8.58. The van der Waals surface area contributed by atoms with Crippen LogP contribution in [0.5, 0.6) is 11.5 Å². The number of aromatic nitrogens is 2. The summed E-state index contributed by atoms with van der Waals surface area (Å²) in [6, 6.07) is 7.39. The lowest BCUT2D eigenvalue weighted by Gasteiger charge is -2.21. The molecule has 3 rings (SSSR count). The van der Waals surface area contributed by atoms with Gasteiger partial charge in [0.25, 0.3) is 5.91 Å². The number of rotatable bonds is 12. The van der Waals surface area contributed by atoms with Crippen molar-refractivity contribution in [3.05, 3.63) is 30.0 Å². The molecule has 0 radical (unpaired) electrons. The highest BCUT2D eigenvalue weighted by molar-refractivity contribution is 5.94. The average Bonchev–Trinajstić information content (AvgIpc) is 3.54. The van der Waals surface area contributed by atoms with Gasteiger partial charge in [-0.3, -0.25) is 14.3 Å². The highest BCUT2D eigenvalue weighted by Crippen LogP contribution is 2.39. The molecular weight excluding hydrogens is 432 g/mol. The Labute approximate surface area is 202 Å². The van der Waals surface area contributed by atoms with Crippen molar-refractivity contribution in [3.63, 3.8) is 0 Å². The van der Waals surface area contributed by atoms with Gasteiger partial charge in [0.15, 0.2) is 5.69 Å². The molecule has 8 nitrogen and oxygen atoms in total. The molecule has 1 aliphatic rings. The summed E-state index contributed by atoms with van der Waals surface area (Å²) in [6.45, 7) is 8.94. The Morgan fingerprint density at radius 2 is 1.79 bits per heavy atom. The molecule has 34 heavy (non-hydrogen) atoms. The maximum atomic E-state index is 13.3. The van der Waals surface area contributed by atoms with Gasteiger partial charge in [-0.15, -0.1) is 0 Å². The van der Waals surface area contributed by atoms with Gasteiger partial charge in [-0.05, 0) is 42.9 Å². The first-order chi connectivity index (χ1) is 16.3. The highest BCUT2D eigenvalue weighted by atomic mass is 16.5. The first-order valence-corrected chi connectivity index (χ1v) is 12.2. The molecular formula is C26H38N4O4. The molecule has 1 aromatic carbocycles. The number of nitrogens with one attached hydrogen (secondary N) is 2. The van der Waals surface area contributed by atoms with Crippen LogP contribution in [0.4, 0.5) is 0 Å². The van der Waals surface area contributed by atoms with E-state index in [4.69, 9.17) is 9.47 Å². The maximum Gasteiger partial charge on any atom is 0.272 e. The summed E-state index contributed by atoms with van der Waals surface area (Å²) in [6.07, 6.45) is 3.30. The van der Waals surface area contributed by atoms with Gasteiger partial charge in [0, 0.05) is 25.0 Å². The SMILES string of the molecule is CCC(C)Cn1nc(C(=O)NC(CC(=O)NC2CC2)C(C)C)cc1-c1c(OC)cccc1OC. The number of carbonyl (C=O) groups excluding carboxylic acids is 2. The van der Waals surface area contributed by atoms with E-state index in [1.165, 1.54) is 0 Å². The number of nitrogens with zero attached hydrogens (tertiary/aromatic N) is 2. The van der Waals surface area contributed by atoms with Gasteiger partial charge in [0.1, 0.15) is 11.5 Å². The van der Waals surface area contributed by atoms with Crippen molar-refractivity contribution >= 4 is 11.8 Å². The van der Waals surface area contributed by atoms with Crippen LogP contribution in [0.2, 0.25) is 0 Å². The van der Waals surface area contributed by atoms with E-state index < -0.39 is 0 Å². The van der Waals surface area contributed by atoms with Gasteiger partial charge >= 0.3 is 0 Å². The second kappa shape index (κ2) is 11.4. The first-order valence-electron chi connectivity index (χ1n) is 12.2. The van der Waals surface area contributed by atoms with Crippen molar-refractivity contribution in [1.82, 2.24) is 20.4 Å². The molecule has 0 spiro atoms. The summed E-state index contributed by atoms with van der Waals surface area (Å²) in [4.78, 5) is 25.6. The molecule has 0 saturated heterocycles. The van der Waals surface area contributed by atoms with Gasteiger partial charge < -0.3 is 20.1 Å². The molecule has 2 N–H and O–H groups in total. The number of methoxy groups -OCH3 is 2. The Bertz CT molecular complexity index is 974. The molecule has 8 heteroatoms. The molecule has 1 aliphatic carbocycles. The van der Waals surface area contributed by atoms with Crippen LogP contribution < -0.4 is 20.1 Å². The van der Waals surface area contributed by atoms with Crippen molar-refractivity contribution in [2.24, 2.45) is 11.8 Å². The van der Waals surface area contributed by atoms with Crippen molar-refractivity contribution in [2.45, 2.75) is 72.0 Å². The number of carbonyl (C=O) groups is 2. The zero-order chi connectivity index (χ0) is 24.8. The van der Waals surface area contributed by atoms with Crippen LogP contribution in [-0.4, -0.2) is 47.9 Å². The average molecular weight is 471 g/mol. The minimum absolute atomic E-state index is 0.0248. The Balaban J connectivity index is 1.91. The van der Waals surface area contributed by atoms with Gasteiger partial charge in [0.2, 0.25) is 5.91 Å². The number of ether oxygens (including phenoxy) is 2. The van der Waals surface area contributed by atoms with Crippen LogP contribution in [0.3, 0.4) is 0 Å². The van der Waals surface area contributed by atoms with Crippen LogP contribution in [0.25, 0.3) is 11.3 Å². The van der Waals surface area contributed by atoms with E-state index in [2.05, 4.69) is 29.6 Å². The molecule has 1 saturated carbocycles. The van der Waals surface area contributed by atoms with E-state index in [1.54, 1.807) is 20.3 Å². The van der Waals surface area contributed by atoms with Gasteiger partial charge in [-0.2, -0.15) is 5.10 Å². The third-order valence-electron chi connectivity index (χ3n) is 6.35. The summed E-state index contributed by atoms with van der Waals surface area (Å²) < 4.78 is 13.1. The standard InChI is InChI=1S/C26H38N4O4/c1-7-17(4)15-30-21(25-22(33-5)9-8-10-23(25)34-6)13-20(29-30)26(32)28-19(16(2)3)14-24(31)27-18-11-12-18/h8-10,13,16-19H,7,11-12,14-15H2,1-6H3,(H,27,31)(H,28,32). The Morgan fingerprint density at radius 1 is 1.15 bits per heavy atom. The second-order valence-electron chi connectivity index (χ2n) is 9.52. The van der Waals surface area contributed by atoms with Crippen molar-refractivity contribution in [2.75, 3.05) is 14.2 Å². The number of hydrogen-bond acceptors (Lipinski definition) is 5. The van der Waals surface area contributed by atoms with Gasteiger partial charge in [0.05, 0.1) is 25.5 Å². The lowest BCUT2D eigenvalue weighted by molar-refractivity contribution is -0.121. The second-order valence-corrected chi connectivity index (χ2v) is 9.52. The number of benzene rings is 1. The topological polar surface area (TPSA) is 94.5 Å². The molecule has 186 valence electrons. The molecule has 2 atom stereocenters. The largest absolute Gasteiger partial charge is 0.496 e.